The highest BCUT2D eigenvalue weighted by atomic mass is 32.2. The molecule has 0 saturated carbocycles. The Kier molecular flexibility index (Phi) is 5.90. The van der Waals surface area contributed by atoms with Crippen molar-refractivity contribution in [3.05, 3.63) is 47.3 Å². The van der Waals surface area contributed by atoms with Crippen LogP contribution in [0, 0.1) is 6.92 Å². The number of nitrogens with one attached hydrogen (secondary N) is 1. The molecular weight excluding hydrogens is 328 g/mol. The number of benzene rings is 1. The number of aromatic nitrogens is 1. The molecule has 0 radical (unpaired) electrons. The van der Waals surface area contributed by atoms with Crippen molar-refractivity contribution in [2.75, 3.05) is 26.4 Å². The van der Waals surface area contributed by atoms with Gasteiger partial charge in [0.15, 0.2) is 0 Å². The van der Waals surface area contributed by atoms with Gasteiger partial charge in [0, 0.05) is 17.5 Å². The van der Waals surface area contributed by atoms with E-state index in [2.05, 4.69) is 10.5 Å². The van der Waals surface area contributed by atoms with Crippen molar-refractivity contribution in [3.8, 4) is 0 Å². The van der Waals surface area contributed by atoms with Crippen molar-refractivity contribution < 1.29 is 18.8 Å². The molecule has 0 bridgehead atoms. The molecule has 2 heterocycles. The maximum Gasteiger partial charge on any atom is 0.252 e. The van der Waals surface area contributed by atoms with Crippen molar-refractivity contribution in [3.63, 3.8) is 0 Å². The van der Waals surface area contributed by atoms with E-state index in [1.165, 1.54) is 0 Å². The van der Waals surface area contributed by atoms with Gasteiger partial charge in [0.05, 0.1) is 42.9 Å². The van der Waals surface area contributed by atoms with E-state index in [-0.39, 0.29) is 12.0 Å². The number of carbonyl (C=O) groups excluding carboxylic acids is 1. The molecule has 1 amide bonds. The van der Waals surface area contributed by atoms with Crippen LogP contribution in [0.2, 0.25) is 0 Å². The Bertz CT molecular complexity index is 683. The molecule has 2 aromatic rings. The lowest BCUT2D eigenvalue weighted by molar-refractivity contribution is -0.0855. The number of amides is 1. The Labute approximate surface area is 144 Å². The Morgan fingerprint density at radius 3 is 3.00 bits per heavy atom. The summed E-state index contributed by atoms with van der Waals surface area (Å²) >= 11 is 1.55. The van der Waals surface area contributed by atoms with Gasteiger partial charge in [-0.1, -0.05) is 17.3 Å². The lowest BCUT2D eigenvalue weighted by Crippen LogP contribution is -2.39. The molecule has 1 unspecified atom stereocenters. The van der Waals surface area contributed by atoms with Crippen molar-refractivity contribution in [1.29, 1.82) is 0 Å². The van der Waals surface area contributed by atoms with Gasteiger partial charge in [0.1, 0.15) is 5.76 Å². The van der Waals surface area contributed by atoms with Crippen LogP contribution in [0.15, 0.2) is 39.8 Å². The zero-order chi connectivity index (χ0) is 16.8. The van der Waals surface area contributed by atoms with Gasteiger partial charge in [0.25, 0.3) is 5.91 Å². The molecule has 1 aliphatic rings. The van der Waals surface area contributed by atoms with E-state index in [0.29, 0.717) is 37.7 Å². The molecule has 128 valence electrons. The van der Waals surface area contributed by atoms with Gasteiger partial charge < -0.3 is 19.3 Å². The first-order valence-corrected chi connectivity index (χ1v) is 8.82. The average Bonchev–Trinajstić information content (AvgIpc) is 3.04. The van der Waals surface area contributed by atoms with E-state index in [1.54, 1.807) is 11.8 Å². The number of thioether (sulfide) groups is 1. The zero-order valence-electron chi connectivity index (χ0n) is 13.5. The molecule has 1 aromatic heterocycles. The van der Waals surface area contributed by atoms with Gasteiger partial charge in [-0.3, -0.25) is 4.79 Å². The lowest BCUT2D eigenvalue weighted by atomic mass is 10.2. The standard InChI is InChI=1S/C17H20N2O4S/c1-12-8-13(23-19-12)11-24-16-5-3-2-4-15(16)17(20)18-9-14-10-21-6-7-22-14/h2-5,8,14H,6-7,9-11H2,1H3,(H,18,20). The molecule has 1 fully saturated rings. The van der Waals surface area contributed by atoms with Gasteiger partial charge >= 0.3 is 0 Å². The molecule has 3 rings (SSSR count). The second kappa shape index (κ2) is 8.32. The Hall–Kier alpha value is -1.83. The SMILES string of the molecule is Cc1cc(CSc2ccccc2C(=O)NCC2COCCO2)on1. The third-order valence-electron chi connectivity index (χ3n) is 3.55. The Morgan fingerprint density at radius 1 is 1.38 bits per heavy atom. The summed E-state index contributed by atoms with van der Waals surface area (Å²) in [6, 6.07) is 9.43. The van der Waals surface area contributed by atoms with Crippen LogP contribution in [-0.2, 0) is 15.2 Å². The molecule has 7 heteroatoms. The second-order valence-electron chi connectivity index (χ2n) is 5.50. The number of ether oxygens (including phenoxy) is 2. The molecule has 1 saturated heterocycles. The number of hydrogen-bond acceptors (Lipinski definition) is 6. The molecule has 1 aromatic carbocycles. The minimum atomic E-state index is -0.110. The zero-order valence-corrected chi connectivity index (χ0v) is 14.3. The van der Waals surface area contributed by atoms with Crippen molar-refractivity contribution in [2.24, 2.45) is 0 Å². The predicted molar refractivity (Wildman–Crippen MR) is 90.1 cm³/mol. The maximum absolute atomic E-state index is 12.5. The van der Waals surface area contributed by atoms with E-state index in [1.807, 2.05) is 37.3 Å². The summed E-state index contributed by atoms with van der Waals surface area (Å²) in [5.41, 5.74) is 1.50. The van der Waals surface area contributed by atoms with Gasteiger partial charge in [-0.25, -0.2) is 0 Å². The molecule has 1 N–H and O–H groups in total. The predicted octanol–water partition coefficient (Wildman–Crippen LogP) is 2.42. The number of hydrogen-bond donors (Lipinski definition) is 1. The molecule has 1 atom stereocenters. The molecule has 24 heavy (non-hydrogen) atoms. The topological polar surface area (TPSA) is 73.6 Å². The van der Waals surface area contributed by atoms with Crippen LogP contribution in [0.1, 0.15) is 21.8 Å². The van der Waals surface area contributed by atoms with Crippen molar-refractivity contribution >= 4 is 17.7 Å². The van der Waals surface area contributed by atoms with Crippen LogP contribution in [0.5, 0.6) is 0 Å². The average molecular weight is 348 g/mol. The fourth-order valence-electron chi connectivity index (χ4n) is 2.37. The van der Waals surface area contributed by atoms with Gasteiger partial charge in [-0.2, -0.15) is 0 Å². The summed E-state index contributed by atoms with van der Waals surface area (Å²) in [6.07, 6.45) is -0.0836. The van der Waals surface area contributed by atoms with Crippen LogP contribution in [0.3, 0.4) is 0 Å². The minimum Gasteiger partial charge on any atom is -0.376 e. The van der Waals surface area contributed by atoms with Crippen LogP contribution in [-0.4, -0.2) is 43.5 Å². The largest absolute Gasteiger partial charge is 0.376 e. The molecule has 0 aliphatic carbocycles. The van der Waals surface area contributed by atoms with E-state index in [9.17, 15) is 4.79 Å². The van der Waals surface area contributed by atoms with E-state index in [4.69, 9.17) is 14.0 Å². The Balaban J connectivity index is 1.58. The third-order valence-corrected chi connectivity index (χ3v) is 4.65. The second-order valence-corrected chi connectivity index (χ2v) is 6.51. The summed E-state index contributed by atoms with van der Waals surface area (Å²) < 4.78 is 16.1. The molecule has 6 nitrogen and oxygen atoms in total. The summed E-state index contributed by atoms with van der Waals surface area (Å²) in [5.74, 6) is 1.31. The van der Waals surface area contributed by atoms with Crippen molar-refractivity contribution in [1.82, 2.24) is 10.5 Å². The summed E-state index contributed by atoms with van der Waals surface area (Å²) in [7, 11) is 0. The number of nitrogens with zero attached hydrogens (tertiary/aromatic N) is 1. The molecular formula is C17H20N2O4S. The maximum atomic E-state index is 12.5. The Morgan fingerprint density at radius 2 is 2.25 bits per heavy atom. The van der Waals surface area contributed by atoms with Gasteiger partial charge in [-0.05, 0) is 19.1 Å². The van der Waals surface area contributed by atoms with Gasteiger partial charge in [-0.15, -0.1) is 11.8 Å². The quantitative estimate of drug-likeness (QED) is 0.808. The summed E-state index contributed by atoms with van der Waals surface area (Å²) in [5, 5.41) is 6.79. The smallest absolute Gasteiger partial charge is 0.252 e. The first kappa shape index (κ1) is 17.0. The normalized spacial score (nSPS) is 17.6. The van der Waals surface area contributed by atoms with Crippen LogP contribution in [0.4, 0.5) is 0 Å². The van der Waals surface area contributed by atoms with Crippen LogP contribution >= 0.6 is 11.8 Å². The highest BCUT2D eigenvalue weighted by Gasteiger charge is 2.17. The highest BCUT2D eigenvalue weighted by Crippen LogP contribution is 2.26. The van der Waals surface area contributed by atoms with Crippen LogP contribution in [0.25, 0.3) is 0 Å². The molecule has 0 spiro atoms. The van der Waals surface area contributed by atoms with Gasteiger partial charge in [0.2, 0.25) is 0 Å². The molecule has 1 aliphatic heterocycles. The summed E-state index contributed by atoms with van der Waals surface area (Å²) in [4.78, 5) is 13.4. The number of carbonyl (C=O) groups is 1. The van der Waals surface area contributed by atoms with Crippen molar-refractivity contribution in [2.45, 2.75) is 23.7 Å². The number of aryl methyl sites for hydroxylation is 1. The fourth-order valence-corrected chi connectivity index (χ4v) is 3.29. The summed E-state index contributed by atoms with van der Waals surface area (Å²) in [6.45, 7) is 4.03. The van der Waals surface area contributed by atoms with E-state index in [0.717, 1.165) is 16.3 Å². The van der Waals surface area contributed by atoms with Crippen LogP contribution < -0.4 is 5.32 Å². The monoisotopic (exact) mass is 348 g/mol. The van der Waals surface area contributed by atoms with E-state index >= 15 is 0 Å². The fraction of sp³-hybridized carbons (Fsp3) is 0.412. The van der Waals surface area contributed by atoms with E-state index < -0.39 is 0 Å². The highest BCUT2D eigenvalue weighted by molar-refractivity contribution is 7.98. The number of rotatable bonds is 6. The first-order chi connectivity index (χ1) is 11.7. The minimum absolute atomic E-state index is 0.0836. The lowest BCUT2D eigenvalue weighted by Gasteiger charge is -2.23. The third kappa shape index (κ3) is 4.59. The first-order valence-electron chi connectivity index (χ1n) is 7.84.